The van der Waals surface area contributed by atoms with Gasteiger partial charge in [-0.2, -0.15) is 0 Å². The number of hydrogen-bond acceptors (Lipinski definition) is 3. The lowest BCUT2D eigenvalue weighted by molar-refractivity contribution is -0.117. The van der Waals surface area contributed by atoms with E-state index in [1.807, 2.05) is 20.0 Å². The smallest absolute Gasteiger partial charge is 0.264 e. The summed E-state index contributed by atoms with van der Waals surface area (Å²) < 4.78 is 0. The van der Waals surface area contributed by atoms with Gasteiger partial charge in [0.15, 0.2) is 0 Å². The number of carbonyl (C=O) groups excluding carboxylic acids is 2. The molecule has 2 amide bonds. The van der Waals surface area contributed by atoms with E-state index >= 15 is 0 Å². The van der Waals surface area contributed by atoms with Crippen molar-refractivity contribution in [2.75, 3.05) is 12.4 Å². The Kier molecular flexibility index (Phi) is 5.47. The van der Waals surface area contributed by atoms with Crippen LogP contribution >= 0.6 is 11.3 Å². The average molecular weight is 371 g/mol. The molecule has 0 radical (unpaired) electrons. The Hall–Kier alpha value is -2.14. The van der Waals surface area contributed by atoms with Crippen molar-refractivity contribution in [2.45, 2.75) is 46.1 Å². The van der Waals surface area contributed by atoms with Crippen LogP contribution in [-0.4, -0.2) is 23.8 Å². The molecular weight excluding hydrogens is 344 g/mol. The zero-order chi connectivity index (χ0) is 18.8. The molecule has 0 saturated heterocycles. The van der Waals surface area contributed by atoms with E-state index in [0.717, 1.165) is 29.0 Å². The normalized spacial score (nSPS) is 13.7. The summed E-state index contributed by atoms with van der Waals surface area (Å²) in [5.74, 6) is 0.727. The minimum atomic E-state index is -0.00708. The molecule has 1 aliphatic carbocycles. The molecule has 1 aromatic carbocycles. The molecule has 0 bridgehead atoms. The van der Waals surface area contributed by atoms with Gasteiger partial charge in [0.05, 0.1) is 9.88 Å². The van der Waals surface area contributed by atoms with Crippen LogP contribution in [0.5, 0.6) is 0 Å². The summed E-state index contributed by atoms with van der Waals surface area (Å²) >= 11 is 1.36. The minimum Gasteiger partial charge on any atom is -0.337 e. The highest BCUT2D eigenvalue weighted by molar-refractivity contribution is 7.18. The molecule has 1 aliphatic rings. The summed E-state index contributed by atoms with van der Waals surface area (Å²) in [4.78, 5) is 27.2. The summed E-state index contributed by atoms with van der Waals surface area (Å²) in [7, 11) is 1.82. The van der Waals surface area contributed by atoms with Crippen LogP contribution in [0, 0.1) is 12.8 Å². The molecule has 1 aromatic heterocycles. The third-order valence-electron chi connectivity index (χ3n) is 4.72. The van der Waals surface area contributed by atoms with Crippen LogP contribution in [0.1, 0.15) is 59.0 Å². The summed E-state index contributed by atoms with van der Waals surface area (Å²) in [5.41, 5.74) is 3.32. The highest BCUT2D eigenvalue weighted by atomic mass is 32.1. The van der Waals surface area contributed by atoms with Gasteiger partial charge < -0.3 is 10.2 Å². The summed E-state index contributed by atoms with van der Waals surface area (Å²) in [6.45, 7) is 6.83. The Balaban J connectivity index is 1.65. The molecule has 3 rings (SSSR count). The lowest BCUT2D eigenvalue weighted by atomic mass is 10.0. The van der Waals surface area contributed by atoms with Gasteiger partial charge in [0.1, 0.15) is 0 Å². The van der Waals surface area contributed by atoms with E-state index in [1.54, 1.807) is 4.90 Å². The SMILES string of the molecule is Cc1cc(NC(=O)C2CC2)sc1C(=O)N(C)Cc1ccc(C(C)C)cc1. The maximum absolute atomic E-state index is 12.8. The van der Waals surface area contributed by atoms with Crippen LogP contribution in [0.2, 0.25) is 0 Å². The Morgan fingerprint density at radius 2 is 1.88 bits per heavy atom. The largest absolute Gasteiger partial charge is 0.337 e. The Morgan fingerprint density at radius 3 is 2.46 bits per heavy atom. The molecule has 0 spiro atoms. The second-order valence-electron chi connectivity index (χ2n) is 7.44. The lowest BCUT2D eigenvalue weighted by Gasteiger charge is -2.17. The first-order valence-corrected chi connectivity index (χ1v) is 9.92. The maximum Gasteiger partial charge on any atom is 0.264 e. The van der Waals surface area contributed by atoms with Crippen LogP contribution in [0.15, 0.2) is 30.3 Å². The van der Waals surface area contributed by atoms with Gasteiger partial charge in [0.25, 0.3) is 5.91 Å². The van der Waals surface area contributed by atoms with Crippen LogP contribution in [0.25, 0.3) is 0 Å². The van der Waals surface area contributed by atoms with E-state index in [0.29, 0.717) is 17.3 Å². The van der Waals surface area contributed by atoms with Gasteiger partial charge in [-0.15, -0.1) is 11.3 Å². The van der Waals surface area contributed by atoms with E-state index in [9.17, 15) is 9.59 Å². The van der Waals surface area contributed by atoms with Crippen LogP contribution in [0.3, 0.4) is 0 Å². The fraction of sp³-hybridized carbons (Fsp3) is 0.429. The number of thiophene rings is 1. The number of rotatable bonds is 6. The zero-order valence-electron chi connectivity index (χ0n) is 15.8. The fourth-order valence-corrected chi connectivity index (χ4v) is 3.92. The number of hydrogen-bond donors (Lipinski definition) is 1. The van der Waals surface area contributed by atoms with Crippen molar-refractivity contribution in [2.24, 2.45) is 5.92 Å². The Morgan fingerprint density at radius 1 is 1.23 bits per heavy atom. The molecule has 1 heterocycles. The molecular formula is C21H26N2O2S. The molecule has 138 valence electrons. The van der Waals surface area contributed by atoms with Crippen molar-refractivity contribution >= 4 is 28.2 Å². The predicted molar refractivity (Wildman–Crippen MR) is 107 cm³/mol. The summed E-state index contributed by atoms with van der Waals surface area (Å²) in [6.07, 6.45) is 1.95. The predicted octanol–water partition coefficient (Wildman–Crippen LogP) is 4.80. The highest BCUT2D eigenvalue weighted by Crippen LogP contribution is 2.33. The van der Waals surface area contributed by atoms with E-state index in [1.165, 1.54) is 16.9 Å². The van der Waals surface area contributed by atoms with E-state index in [4.69, 9.17) is 0 Å². The third-order valence-corrected chi connectivity index (χ3v) is 5.86. The first kappa shape index (κ1) is 18.6. The Labute approximate surface area is 159 Å². The van der Waals surface area contributed by atoms with Gasteiger partial charge in [0.2, 0.25) is 5.91 Å². The molecule has 1 fully saturated rings. The first-order chi connectivity index (χ1) is 12.3. The molecule has 26 heavy (non-hydrogen) atoms. The van der Waals surface area contributed by atoms with Crippen LogP contribution < -0.4 is 5.32 Å². The van der Waals surface area contributed by atoms with Gasteiger partial charge >= 0.3 is 0 Å². The number of amides is 2. The van der Waals surface area contributed by atoms with Gasteiger partial charge in [-0.3, -0.25) is 9.59 Å². The minimum absolute atomic E-state index is 0.00708. The number of carbonyl (C=O) groups is 2. The van der Waals surface area contributed by atoms with Crippen molar-refractivity contribution < 1.29 is 9.59 Å². The summed E-state index contributed by atoms with van der Waals surface area (Å²) in [6, 6.07) is 10.3. The van der Waals surface area contributed by atoms with Crippen LogP contribution in [-0.2, 0) is 11.3 Å². The van der Waals surface area contributed by atoms with Crippen molar-refractivity contribution in [1.82, 2.24) is 4.90 Å². The number of benzene rings is 1. The van der Waals surface area contributed by atoms with Crippen LogP contribution in [0.4, 0.5) is 5.00 Å². The van der Waals surface area contributed by atoms with Gasteiger partial charge in [0, 0.05) is 19.5 Å². The quantitative estimate of drug-likeness (QED) is 0.794. The van der Waals surface area contributed by atoms with Crippen molar-refractivity contribution in [1.29, 1.82) is 0 Å². The fourth-order valence-electron chi connectivity index (χ4n) is 2.85. The number of aryl methyl sites for hydroxylation is 1. The van der Waals surface area contributed by atoms with Crippen molar-refractivity contribution in [3.05, 3.63) is 51.9 Å². The van der Waals surface area contributed by atoms with E-state index < -0.39 is 0 Å². The topological polar surface area (TPSA) is 49.4 Å². The Bertz CT molecular complexity index is 804. The second kappa shape index (κ2) is 7.62. The first-order valence-electron chi connectivity index (χ1n) is 9.10. The molecule has 0 aliphatic heterocycles. The van der Waals surface area contributed by atoms with Gasteiger partial charge in [-0.25, -0.2) is 0 Å². The second-order valence-corrected chi connectivity index (χ2v) is 8.50. The number of nitrogens with zero attached hydrogens (tertiary/aromatic N) is 1. The molecule has 4 nitrogen and oxygen atoms in total. The summed E-state index contributed by atoms with van der Waals surface area (Å²) in [5, 5.41) is 3.70. The number of nitrogens with one attached hydrogen (secondary N) is 1. The molecule has 2 aromatic rings. The van der Waals surface area contributed by atoms with E-state index in [2.05, 4.69) is 43.4 Å². The third kappa shape index (κ3) is 4.33. The van der Waals surface area contributed by atoms with Gasteiger partial charge in [-0.1, -0.05) is 38.1 Å². The highest BCUT2D eigenvalue weighted by Gasteiger charge is 2.30. The van der Waals surface area contributed by atoms with E-state index in [-0.39, 0.29) is 17.7 Å². The molecule has 1 N–H and O–H groups in total. The van der Waals surface area contributed by atoms with Crippen molar-refractivity contribution in [3.63, 3.8) is 0 Å². The maximum atomic E-state index is 12.8. The van der Waals surface area contributed by atoms with Gasteiger partial charge in [-0.05, 0) is 48.4 Å². The molecule has 1 saturated carbocycles. The molecule has 5 heteroatoms. The average Bonchev–Trinajstić information content (AvgIpc) is 3.39. The molecule has 0 unspecified atom stereocenters. The number of anilines is 1. The lowest BCUT2D eigenvalue weighted by Crippen LogP contribution is -2.25. The standard InChI is InChI=1S/C21H26N2O2S/c1-13(2)16-7-5-15(6-8-16)12-23(4)21(25)19-14(3)11-18(26-19)22-20(24)17-9-10-17/h5-8,11,13,17H,9-10,12H2,1-4H3,(H,22,24). The molecule has 0 atom stereocenters. The monoisotopic (exact) mass is 370 g/mol. The zero-order valence-corrected chi connectivity index (χ0v) is 16.7. The van der Waals surface area contributed by atoms with Crippen molar-refractivity contribution in [3.8, 4) is 0 Å².